The lowest BCUT2D eigenvalue weighted by molar-refractivity contribution is -0.120. The Morgan fingerprint density at radius 1 is 1.07 bits per heavy atom. The molecular formula is C20H27FIN7O. The van der Waals surface area contributed by atoms with Crippen LogP contribution in [0.4, 0.5) is 10.3 Å². The summed E-state index contributed by atoms with van der Waals surface area (Å²) in [6, 6.07) is 7.77. The molecule has 162 valence electrons. The fourth-order valence-electron chi connectivity index (χ4n) is 3.13. The number of hydrogen-bond donors (Lipinski definition) is 2. The summed E-state index contributed by atoms with van der Waals surface area (Å²) < 4.78 is 12.9. The number of guanidine groups is 1. The monoisotopic (exact) mass is 527 g/mol. The van der Waals surface area contributed by atoms with Crippen LogP contribution in [0.5, 0.6) is 0 Å². The fraction of sp³-hybridized carbons (Fsp3) is 0.400. The highest BCUT2D eigenvalue weighted by atomic mass is 127. The number of carbonyl (C=O) groups excluding carboxylic acids is 1. The maximum absolute atomic E-state index is 12.9. The molecule has 1 aliphatic rings. The van der Waals surface area contributed by atoms with Crippen molar-refractivity contribution >= 4 is 41.8 Å². The number of piperazine rings is 1. The zero-order chi connectivity index (χ0) is 20.5. The van der Waals surface area contributed by atoms with Gasteiger partial charge in [0.25, 0.3) is 0 Å². The summed E-state index contributed by atoms with van der Waals surface area (Å²) in [5.74, 6) is 1.16. The van der Waals surface area contributed by atoms with E-state index >= 15 is 0 Å². The maximum Gasteiger partial charge on any atom is 0.225 e. The van der Waals surface area contributed by atoms with Crippen molar-refractivity contribution in [3.63, 3.8) is 0 Å². The number of aromatic nitrogens is 2. The van der Waals surface area contributed by atoms with Crippen LogP contribution in [0.3, 0.4) is 0 Å². The molecule has 0 unspecified atom stereocenters. The van der Waals surface area contributed by atoms with E-state index in [0.717, 1.165) is 43.7 Å². The Hall–Kier alpha value is -2.50. The minimum Gasteiger partial charge on any atom is -0.354 e. The molecule has 1 aromatic heterocycles. The van der Waals surface area contributed by atoms with Gasteiger partial charge in [0.2, 0.25) is 11.9 Å². The number of anilines is 1. The Labute approximate surface area is 193 Å². The van der Waals surface area contributed by atoms with E-state index < -0.39 is 0 Å². The summed E-state index contributed by atoms with van der Waals surface area (Å²) in [5, 5.41) is 6.15. The number of nitrogens with one attached hydrogen (secondary N) is 2. The van der Waals surface area contributed by atoms with Gasteiger partial charge >= 0.3 is 0 Å². The molecule has 0 saturated carbocycles. The number of carbonyl (C=O) groups is 1. The van der Waals surface area contributed by atoms with E-state index in [2.05, 4.69) is 35.4 Å². The average Bonchev–Trinajstić information content (AvgIpc) is 2.76. The quantitative estimate of drug-likeness (QED) is 0.255. The summed E-state index contributed by atoms with van der Waals surface area (Å²) in [6.45, 7) is 4.32. The summed E-state index contributed by atoms with van der Waals surface area (Å²) in [4.78, 5) is 29.3. The lowest BCUT2D eigenvalue weighted by atomic mass is 10.1. The van der Waals surface area contributed by atoms with Crippen molar-refractivity contribution < 1.29 is 9.18 Å². The van der Waals surface area contributed by atoms with E-state index in [1.807, 2.05) is 6.07 Å². The molecule has 30 heavy (non-hydrogen) atoms. The molecule has 1 aromatic carbocycles. The number of amides is 1. The number of benzene rings is 1. The highest BCUT2D eigenvalue weighted by Crippen LogP contribution is 2.09. The Kier molecular flexibility index (Phi) is 9.71. The molecular weight excluding hydrogens is 500 g/mol. The second kappa shape index (κ2) is 12.3. The highest BCUT2D eigenvalue weighted by Gasteiger charge is 2.20. The van der Waals surface area contributed by atoms with Crippen LogP contribution in [-0.2, 0) is 11.2 Å². The molecule has 3 rings (SSSR count). The lowest BCUT2D eigenvalue weighted by Gasteiger charge is -2.36. The zero-order valence-electron chi connectivity index (χ0n) is 16.9. The van der Waals surface area contributed by atoms with Crippen molar-refractivity contribution in [2.75, 3.05) is 51.2 Å². The van der Waals surface area contributed by atoms with Crippen LogP contribution >= 0.6 is 24.0 Å². The van der Waals surface area contributed by atoms with Crippen molar-refractivity contribution in [3.05, 3.63) is 54.1 Å². The molecule has 1 saturated heterocycles. The molecule has 1 fully saturated rings. The molecule has 0 spiro atoms. The zero-order valence-corrected chi connectivity index (χ0v) is 19.3. The first-order valence-electron chi connectivity index (χ1n) is 9.64. The topological polar surface area (TPSA) is 85.8 Å². The second-order valence-corrected chi connectivity index (χ2v) is 6.65. The van der Waals surface area contributed by atoms with Crippen LogP contribution in [0.15, 0.2) is 47.7 Å². The Morgan fingerprint density at radius 3 is 2.33 bits per heavy atom. The standard InChI is InChI=1S/C20H26FN7O.HI/c1-22-19(27-11-13-28(14-12-27)20-24-7-2-8-25-20)26-10-9-23-18(29)15-16-3-5-17(21)6-4-16;/h2-8H,9-15H2,1H3,(H,22,26)(H,23,29);1H. The van der Waals surface area contributed by atoms with E-state index in [1.165, 1.54) is 12.1 Å². The Morgan fingerprint density at radius 2 is 1.70 bits per heavy atom. The van der Waals surface area contributed by atoms with E-state index in [9.17, 15) is 9.18 Å². The van der Waals surface area contributed by atoms with E-state index in [1.54, 1.807) is 31.6 Å². The van der Waals surface area contributed by atoms with Gasteiger partial charge in [-0.05, 0) is 23.8 Å². The first kappa shape index (κ1) is 23.8. The normalized spacial score (nSPS) is 14.1. The van der Waals surface area contributed by atoms with Gasteiger partial charge in [-0.15, -0.1) is 24.0 Å². The van der Waals surface area contributed by atoms with Gasteiger partial charge in [-0.3, -0.25) is 9.79 Å². The van der Waals surface area contributed by atoms with Crippen LogP contribution in [0.25, 0.3) is 0 Å². The predicted molar refractivity (Wildman–Crippen MR) is 126 cm³/mol. The lowest BCUT2D eigenvalue weighted by Crippen LogP contribution is -2.53. The fourth-order valence-corrected chi connectivity index (χ4v) is 3.13. The summed E-state index contributed by atoms with van der Waals surface area (Å²) >= 11 is 0. The highest BCUT2D eigenvalue weighted by molar-refractivity contribution is 14.0. The minimum atomic E-state index is -0.304. The third-order valence-corrected chi connectivity index (χ3v) is 4.63. The molecule has 2 N–H and O–H groups in total. The van der Waals surface area contributed by atoms with Gasteiger partial charge in [0.1, 0.15) is 5.82 Å². The van der Waals surface area contributed by atoms with Gasteiger partial charge in [0, 0.05) is 58.7 Å². The van der Waals surface area contributed by atoms with Crippen LogP contribution in [0.1, 0.15) is 5.56 Å². The van der Waals surface area contributed by atoms with Crippen molar-refractivity contribution in [1.29, 1.82) is 0 Å². The van der Waals surface area contributed by atoms with Gasteiger partial charge < -0.3 is 20.4 Å². The molecule has 10 heteroatoms. The van der Waals surface area contributed by atoms with Gasteiger partial charge in [0.15, 0.2) is 5.96 Å². The smallest absolute Gasteiger partial charge is 0.225 e. The number of halogens is 2. The van der Waals surface area contributed by atoms with Crippen LogP contribution in [0, 0.1) is 5.82 Å². The van der Waals surface area contributed by atoms with E-state index in [0.29, 0.717) is 13.1 Å². The molecule has 0 atom stereocenters. The summed E-state index contributed by atoms with van der Waals surface area (Å²) in [7, 11) is 1.75. The van der Waals surface area contributed by atoms with E-state index in [-0.39, 0.29) is 42.1 Å². The van der Waals surface area contributed by atoms with Gasteiger partial charge in [-0.1, -0.05) is 12.1 Å². The number of nitrogens with zero attached hydrogens (tertiary/aromatic N) is 5. The predicted octanol–water partition coefficient (Wildman–Crippen LogP) is 1.29. The minimum absolute atomic E-state index is 0. The Bertz CT molecular complexity index is 812. The van der Waals surface area contributed by atoms with Crippen molar-refractivity contribution in [2.45, 2.75) is 6.42 Å². The first-order chi connectivity index (χ1) is 14.2. The molecule has 8 nitrogen and oxygen atoms in total. The largest absolute Gasteiger partial charge is 0.354 e. The number of hydrogen-bond acceptors (Lipinski definition) is 5. The van der Waals surface area contributed by atoms with Crippen LogP contribution in [0.2, 0.25) is 0 Å². The Balaban J connectivity index is 0.00000320. The summed E-state index contributed by atoms with van der Waals surface area (Å²) in [5.41, 5.74) is 0.785. The van der Waals surface area contributed by atoms with Gasteiger partial charge in [0.05, 0.1) is 6.42 Å². The molecule has 0 radical (unpaired) electrons. The van der Waals surface area contributed by atoms with Gasteiger partial charge in [-0.2, -0.15) is 0 Å². The first-order valence-corrected chi connectivity index (χ1v) is 9.64. The number of rotatable bonds is 6. The third-order valence-electron chi connectivity index (χ3n) is 4.63. The number of aliphatic imine (C=N–C) groups is 1. The molecule has 1 aliphatic heterocycles. The van der Waals surface area contributed by atoms with Crippen LogP contribution in [-0.4, -0.2) is 73.1 Å². The maximum atomic E-state index is 12.9. The summed E-state index contributed by atoms with van der Waals surface area (Å²) in [6.07, 6.45) is 3.73. The molecule has 1 amide bonds. The second-order valence-electron chi connectivity index (χ2n) is 6.65. The molecule has 0 aliphatic carbocycles. The molecule has 2 heterocycles. The van der Waals surface area contributed by atoms with Gasteiger partial charge in [-0.25, -0.2) is 14.4 Å². The molecule has 0 bridgehead atoms. The SMILES string of the molecule is CN=C(NCCNC(=O)Cc1ccc(F)cc1)N1CCN(c2ncccn2)CC1.I. The van der Waals surface area contributed by atoms with Crippen molar-refractivity contribution in [1.82, 2.24) is 25.5 Å². The van der Waals surface area contributed by atoms with Crippen molar-refractivity contribution in [3.8, 4) is 0 Å². The van der Waals surface area contributed by atoms with Crippen molar-refractivity contribution in [2.24, 2.45) is 4.99 Å². The van der Waals surface area contributed by atoms with E-state index in [4.69, 9.17) is 0 Å². The third kappa shape index (κ3) is 7.08. The van der Waals surface area contributed by atoms with Crippen LogP contribution < -0.4 is 15.5 Å². The average molecular weight is 527 g/mol. The molecule has 2 aromatic rings.